The molecule has 1 aliphatic heterocycles. The van der Waals surface area contributed by atoms with Gasteiger partial charge < -0.3 is 18.3 Å². The number of hydrogen-bond acceptors (Lipinski definition) is 3. The number of nitrogens with zero attached hydrogens (tertiary/aromatic N) is 2. The highest BCUT2D eigenvalue weighted by Crippen LogP contribution is 2.47. The van der Waals surface area contributed by atoms with Crippen LogP contribution in [0.4, 0.5) is 4.32 Å². The Kier molecular flexibility index (Phi) is 9.33. The summed E-state index contributed by atoms with van der Waals surface area (Å²) >= 11 is 0. The van der Waals surface area contributed by atoms with Crippen molar-refractivity contribution in [3.05, 3.63) is 178 Å². The minimum atomic E-state index is -1.37. The molecule has 2 heterocycles. The van der Waals surface area contributed by atoms with Gasteiger partial charge in [-0.3, -0.25) is 0 Å². The summed E-state index contributed by atoms with van der Waals surface area (Å²) < 4.78 is 29.4. The summed E-state index contributed by atoms with van der Waals surface area (Å²) in [6.07, 6.45) is 2.16. The van der Waals surface area contributed by atoms with E-state index >= 15 is 4.32 Å². The molecule has 51 heavy (non-hydrogen) atoms. The molecule has 1 aromatic heterocycles. The number of allylic oxidation sites excluding steroid dienone is 2. The Labute approximate surface area is 300 Å². The van der Waals surface area contributed by atoms with E-state index in [1.54, 1.807) is 21.0 Å². The van der Waals surface area contributed by atoms with E-state index in [1.807, 2.05) is 89.4 Å². The van der Waals surface area contributed by atoms with Crippen LogP contribution in [0.5, 0.6) is 11.5 Å². The van der Waals surface area contributed by atoms with Gasteiger partial charge in [0.25, 0.3) is 0 Å². The zero-order chi connectivity index (χ0) is 35.6. The first-order valence-electron chi connectivity index (χ1n) is 17.2. The van der Waals surface area contributed by atoms with Gasteiger partial charge in [-0.25, -0.2) is 4.99 Å². The lowest BCUT2D eigenvalue weighted by atomic mass is 9.83. The molecular formula is C45H40BFN2O2. The highest BCUT2D eigenvalue weighted by Gasteiger charge is 2.32. The van der Waals surface area contributed by atoms with Crippen LogP contribution in [0.1, 0.15) is 39.1 Å². The fourth-order valence-corrected chi connectivity index (χ4v) is 7.25. The number of rotatable bonds is 9. The summed E-state index contributed by atoms with van der Waals surface area (Å²) in [6.45, 7) is 8.01. The van der Waals surface area contributed by atoms with Crippen LogP contribution in [-0.2, 0) is 0 Å². The topological polar surface area (TPSA) is 35.8 Å². The summed E-state index contributed by atoms with van der Waals surface area (Å²) in [4.78, 5) is 5.48. The molecule has 0 fully saturated rings. The van der Waals surface area contributed by atoms with Gasteiger partial charge in [0.05, 0.1) is 25.6 Å². The molecule has 0 unspecified atom stereocenters. The SMILES string of the molecule is COc1ccc(C2=N/C(=C(/c3c(C)cc(C)cc3C)c3c(-c4ccccc4)cc(-c4ccc(OC)cc4)n3B(C)F)C(c3ccccc3)=C2)cc1. The molecule has 0 spiro atoms. The first kappa shape index (κ1) is 33.6. The second kappa shape index (κ2) is 14.2. The van der Waals surface area contributed by atoms with Crippen molar-refractivity contribution in [2.24, 2.45) is 4.99 Å². The van der Waals surface area contributed by atoms with Crippen LogP contribution in [0, 0.1) is 20.8 Å². The van der Waals surface area contributed by atoms with Gasteiger partial charge in [0.2, 0.25) is 0 Å². The Morgan fingerprint density at radius 3 is 1.71 bits per heavy atom. The van der Waals surface area contributed by atoms with Crippen molar-refractivity contribution in [1.82, 2.24) is 4.48 Å². The van der Waals surface area contributed by atoms with Gasteiger partial charge >= 0.3 is 7.12 Å². The molecule has 7 rings (SSSR count). The summed E-state index contributed by atoms with van der Waals surface area (Å²) in [5.74, 6) is 1.52. The van der Waals surface area contributed by atoms with Gasteiger partial charge in [0, 0.05) is 33.7 Å². The van der Waals surface area contributed by atoms with Gasteiger partial charge in [0.1, 0.15) is 11.5 Å². The molecule has 0 atom stereocenters. The number of aromatic nitrogens is 1. The van der Waals surface area contributed by atoms with Crippen molar-refractivity contribution < 1.29 is 13.8 Å². The number of ether oxygens (including phenoxy) is 2. The average Bonchev–Trinajstić information content (AvgIpc) is 3.77. The standard InChI is InChI=1S/C45H40BFN2O2/c1-29-25-30(2)42(31(3)26-29)43(44-38(32-13-9-7-10-14-32)27-40(48-44)34-17-21-36(50-5)22-18-34)45-39(33-15-11-8-12-16-33)28-41(49(45)46(4)47)35-19-23-37(51-6)24-20-35/h7-28H,1-6H3/b44-43-. The second-order valence-electron chi connectivity index (χ2n) is 13.0. The third-order valence-corrected chi connectivity index (χ3v) is 9.50. The number of aryl methyl sites for hydroxylation is 3. The van der Waals surface area contributed by atoms with Crippen LogP contribution in [-0.4, -0.2) is 31.5 Å². The van der Waals surface area contributed by atoms with E-state index < -0.39 is 7.12 Å². The molecule has 0 radical (unpaired) electrons. The fourth-order valence-electron chi connectivity index (χ4n) is 7.25. The zero-order valence-corrected chi connectivity index (χ0v) is 29.9. The maximum atomic E-state index is 16.6. The smallest absolute Gasteiger partial charge is 0.462 e. The molecule has 0 aliphatic carbocycles. The van der Waals surface area contributed by atoms with E-state index in [-0.39, 0.29) is 0 Å². The van der Waals surface area contributed by atoms with Crippen LogP contribution in [0.2, 0.25) is 6.82 Å². The van der Waals surface area contributed by atoms with Crippen molar-refractivity contribution in [3.8, 4) is 33.9 Å². The first-order valence-corrected chi connectivity index (χ1v) is 17.2. The molecule has 6 aromatic rings. The minimum Gasteiger partial charge on any atom is -0.497 e. The van der Waals surface area contributed by atoms with Crippen molar-refractivity contribution >= 4 is 24.0 Å². The maximum Gasteiger partial charge on any atom is 0.462 e. The largest absolute Gasteiger partial charge is 0.497 e. The van der Waals surface area contributed by atoms with Crippen molar-refractivity contribution in [3.63, 3.8) is 0 Å². The summed E-state index contributed by atoms with van der Waals surface area (Å²) in [5.41, 5.74) is 14.2. The van der Waals surface area contributed by atoms with Gasteiger partial charge in [-0.1, -0.05) is 78.4 Å². The highest BCUT2D eigenvalue weighted by atomic mass is 19.1. The Morgan fingerprint density at radius 1 is 0.647 bits per heavy atom. The summed E-state index contributed by atoms with van der Waals surface area (Å²) in [5, 5.41) is 0. The maximum absolute atomic E-state index is 16.6. The Hall–Kier alpha value is -5.88. The van der Waals surface area contributed by atoms with Gasteiger partial charge in [-0.05, 0) is 122 Å². The highest BCUT2D eigenvalue weighted by molar-refractivity contribution is 6.49. The Morgan fingerprint density at radius 2 is 1.18 bits per heavy atom. The predicted molar refractivity (Wildman–Crippen MR) is 211 cm³/mol. The van der Waals surface area contributed by atoms with Crippen LogP contribution in [0.25, 0.3) is 33.5 Å². The average molecular weight is 671 g/mol. The van der Waals surface area contributed by atoms with Crippen molar-refractivity contribution in [2.75, 3.05) is 14.2 Å². The molecule has 0 saturated carbocycles. The lowest BCUT2D eigenvalue weighted by Crippen LogP contribution is -2.19. The molecule has 0 amide bonds. The Bertz CT molecular complexity index is 2280. The van der Waals surface area contributed by atoms with E-state index in [0.29, 0.717) is 0 Å². The molecule has 0 N–H and O–H groups in total. The zero-order valence-electron chi connectivity index (χ0n) is 29.9. The normalized spacial score (nSPS) is 13.5. The lowest BCUT2D eigenvalue weighted by Gasteiger charge is -2.23. The van der Waals surface area contributed by atoms with Gasteiger partial charge in [0.15, 0.2) is 0 Å². The van der Waals surface area contributed by atoms with Gasteiger partial charge in [-0.15, -0.1) is 0 Å². The molecule has 6 heteroatoms. The molecule has 252 valence electrons. The fraction of sp³-hybridized carbons (Fsp3) is 0.133. The lowest BCUT2D eigenvalue weighted by molar-refractivity contribution is 0.414. The minimum absolute atomic E-state index is 0.742. The second-order valence-corrected chi connectivity index (χ2v) is 13.0. The van der Waals surface area contributed by atoms with Crippen LogP contribution >= 0.6 is 0 Å². The quantitative estimate of drug-likeness (QED) is 0.144. The monoisotopic (exact) mass is 670 g/mol. The molecule has 1 aliphatic rings. The van der Waals surface area contributed by atoms with Crippen molar-refractivity contribution in [1.29, 1.82) is 0 Å². The van der Waals surface area contributed by atoms with Crippen LogP contribution in [0.3, 0.4) is 0 Å². The van der Waals surface area contributed by atoms with Gasteiger partial charge in [-0.2, -0.15) is 0 Å². The first-order chi connectivity index (χ1) is 24.8. The van der Waals surface area contributed by atoms with E-state index in [2.05, 4.69) is 69.3 Å². The third-order valence-electron chi connectivity index (χ3n) is 9.50. The summed E-state index contributed by atoms with van der Waals surface area (Å²) in [6, 6.07) is 42.9. The van der Waals surface area contributed by atoms with E-state index in [0.717, 1.165) is 89.9 Å². The molecule has 5 aromatic carbocycles. The Balaban J connectivity index is 1.65. The molecule has 4 nitrogen and oxygen atoms in total. The van der Waals surface area contributed by atoms with E-state index in [1.165, 1.54) is 5.56 Å². The molecular weight excluding hydrogens is 630 g/mol. The third kappa shape index (κ3) is 6.46. The summed E-state index contributed by atoms with van der Waals surface area (Å²) in [7, 11) is 1.95. The van der Waals surface area contributed by atoms with Crippen LogP contribution in [0.15, 0.2) is 144 Å². The number of hydrogen-bond donors (Lipinski definition) is 0. The molecule has 0 saturated heterocycles. The van der Waals surface area contributed by atoms with E-state index in [4.69, 9.17) is 14.5 Å². The van der Waals surface area contributed by atoms with Crippen molar-refractivity contribution in [2.45, 2.75) is 27.6 Å². The number of halogens is 1. The number of aliphatic imine (C=N–C) groups is 1. The number of methoxy groups -OCH3 is 2. The predicted octanol–water partition coefficient (Wildman–Crippen LogP) is 11.0. The molecule has 0 bridgehead atoms. The number of benzene rings is 5. The van der Waals surface area contributed by atoms with E-state index in [9.17, 15) is 0 Å². The van der Waals surface area contributed by atoms with Crippen LogP contribution < -0.4 is 9.47 Å².